The molecule has 0 bridgehead atoms. The van der Waals surface area contributed by atoms with Crippen LogP contribution in [0.15, 0.2) is 12.7 Å². The zero-order valence-corrected chi connectivity index (χ0v) is 5.72. The normalized spacial score (nSPS) is 11.3. The largest absolute Gasteiger partial charge is 0.103 e. The number of allylic oxidation sites excluding steroid dienone is 1. The van der Waals surface area contributed by atoms with Crippen molar-refractivity contribution in [2.45, 2.75) is 25.0 Å². The minimum absolute atomic E-state index is 0.0156. The molecule has 0 unspecified atom stereocenters. The van der Waals surface area contributed by atoms with E-state index in [-0.39, 0.29) is 4.75 Å². The van der Waals surface area contributed by atoms with E-state index in [0.29, 0.717) is 0 Å². The minimum atomic E-state index is 0.0156. The highest BCUT2D eigenvalue weighted by Crippen LogP contribution is 2.16. The second-order valence-electron chi connectivity index (χ2n) is 2.25. The molecule has 0 aromatic carbocycles. The van der Waals surface area contributed by atoms with Crippen molar-refractivity contribution in [1.82, 2.24) is 0 Å². The Hall–Kier alpha value is 0.0900. The van der Waals surface area contributed by atoms with Crippen LogP contribution in [-0.2, 0) is 0 Å². The van der Waals surface area contributed by atoms with Gasteiger partial charge in [0.2, 0.25) is 0 Å². The first kappa shape index (κ1) is 7.09. The second-order valence-corrected chi connectivity index (χ2v) is 3.36. The van der Waals surface area contributed by atoms with E-state index in [4.69, 9.17) is 12.6 Å². The van der Waals surface area contributed by atoms with E-state index >= 15 is 0 Å². The summed E-state index contributed by atoms with van der Waals surface area (Å²) in [5.41, 5.74) is 0. The fourth-order valence-corrected chi connectivity index (χ4v) is 0.465. The highest BCUT2D eigenvalue weighted by molar-refractivity contribution is 7.81. The third-order valence-corrected chi connectivity index (χ3v) is 0.803. The van der Waals surface area contributed by atoms with Gasteiger partial charge in [0, 0.05) is 4.75 Å². The molecule has 0 N–H and O–H groups in total. The topological polar surface area (TPSA) is 0 Å². The lowest BCUT2D eigenvalue weighted by Gasteiger charge is -2.10. The Balaban J connectivity index is 3.34. The molecule has 0 amide bonds. The maximum absolute atomic E-state index is 5.01. The van der Waals surface area contributed by atoms with Gasteiger partial charge in [0.05, 0.1) is 0 Å². The molecular formula is C6H11S. The lowest BCUT2D eigenvalue weighted by Crippen LogP contribution is -2.06. The molecule has 0 nitrogen and oxygen atoms in total. The van der Waals surface area contributed by atoms with Crippen molar-refractivity contribution in [3.63, 3.8) is 0 Å². The van der Waals surface area contributed by atoms with Crippen molar-refractivity contribution in [3.8, 4) is 0 Å². The summed E-state index contributed by atoms with van der Waals surface area (Å²) in [6, 6.07) is 0. The first-order chi connectivity index (χ1) is 3.06. The molecule has 41 valence electrons. The van der Waals surface area contributed by atoms with Gasteiger partial charge in [-0.15, -0.1) is 6.58 Å². The molecule has 0 aliphatic carbocycles. The molecule has 0 spiro atoms. The van der Waals surface area contributed by atoms with Gasteiger partial charge < -0.3 is 0 Å². The van der Waals surface area contributed by atoms with Crippen LogP contribution < -0.4 is 0 Å². The van der Waals surface area contributed by atoms with Gasteiger partial charge in [-0.2, -0.15) is 0 Å². The van der Waals surface area contributed by atoms with Gasteiger partial charge in [0.25, 0.3) is 0 Å². The summed E-state index contributed by atoms with van der Waals surface area (Å²) in [6.45, 7) is 7.62. The maximum Gasteiger partial charge on any atom is 0.0241 e. The van der Waals surface area contributed by atoms with Crippen molar-refractivity contribution in [1.29, 1.82) is 0 Å². The van der Waals surface area contributed by atoms with Crippen molar-refractivity contribution in [2.75, 3.05) is 0 Å². The Morgan fingerprint density at radius 2 is 2.14 bits per heavy atom. The Kier molecular flexibility index (Phi) is 2.44. The standard InChI is InChI=1S/C6H11S/c1-4-5-6(2,3)7/h4H,1,5H2,2-3H3. The smallest absolute Gasteiger partial charge is 0.0241 e. The summed E-state index contributed by atoms with van der Waals surface area (Å²) in [5.74, 6) is 0. The van der Waals surface area contributed by atoms with E-state index in [9.17, 15) is 0 Å². The quantitative estimate of drug-likeness (QED) is 0.485. The van der Waals surface area contributed by atoms with E-state index < -0.39 is 0 Å². The van der Waals surface area contributed by atoms with Crippen LogP contribution in [0.2, 0.25) is 0 Å². The van der Waals surface area contributed by atoms with Crippen molar-refractivity contribution >= 4 is 12.6 Å². The Labute approximate surface area is 51.0 Å². The molecule has 0 aliphatic rings. The van der Waals surface area contributed by atoms with Gasteiger partial charge in [0.1, 0.15) is 0 Å². The predicted molar refractivity (Wildman–Crippen MR) is 36.5 cm³/mol. The third kappa shape index (κ3) is 6.09. The average molecular weight is 115 g/mol. The van der Waals surface area contributed by atoms with Crippen molar-refractivity contribution in [3.05, 3.63) is 12.7 Å². The summed E-state index contributed by atoms with van der Waals surface area (Å²) in [4.78, 5) is 0. The lowest BCUT2D eigenvalue weighted by molar-refractivity contribution is 0.734. The summed E-state index contributed by atoms with van der Waals surface area (Å²) >= 11 is 5.01. The SMILES string of the molecule is C=CCC(C)(C)[S]. The molecule has 0 aliphatic heterocycles. The van der Waals surface area contributed by atoms with E-state index in [2.05, 4.69) is 6.58 Å². The van der Waals surface area contributed by atoms with E-state index in [1.807, 2.05) is 19.9 Å². The molecule has 0 rings (SSSR count). The molecule has 0 saturated heterocycles. The van der Waals surface area contributed by atoms with Gasteiger partial charge in [-0.3, -0.25) is 0 Å². The molecule has 0 aromatic rings. The monoisotopic (exact) mass is 115 g/mol. The summed E-state index contributed by atoms with van der Waals surface area (Å²) in [7, 11) is 0. The van der Waals surface area contributed by atoms with Crippen LogP contribution in [-0.4, -0.2) is 4.75 Å². The molecule has 0 aromatic heterocycles. The van der Waals surface area contributed by atoms with Crippen molar-refractivity contribution < 1.29 is 0 Å². The average Bonchev–Trinajstić information content (AvgIpc) is 1.30. The van der Waals surface area contributed by atoms with Crippen LogP contribution in [0.25, 0.3) is 0 Å². The highest BCUT2D eigenvalue weighted by atomic mass is 32.1. The third-order valence-electron chi connectivity index (χ3n) is 0.636. The maximum atomic E-state index is 5.01. The number of rotatable bonds is 2. The Bertz CT molecular complexity index is 59.1. The molecule has 0 atom stereocenters. The Morgan fingerprint density at radius 1 is 1.71 bits per heavy atom. The van der Waals surface area contributed by atoms with Gasteiger partial charge in [-0.1, -0.05) is 18.7 Å². The highest BCUT2D eigenvalue weighted by Gasteiger charge is 2.07. The minimum Gasteiger partial charge on any atom is -0.103 e. The number of hydrogen-bond acceptors (Lipinski definition) is 0. The lowest BCUT2D eigenvalue weighted by atomic mass is 10.1. The zero-order chi connectivity index (χ0) is 5.91. The van der Waals surface area contributed by atoms with Gasteiger partial charge in [0.15, 0.2) is 0 Å². The van der Waals surface area contributed by atoms with E-state index in [1.54, 1.807) is 0 Å². The van der Waals surface area contributed by atoms with Gasteiger partial charge in [-0.05, 0) is 20.3 Å². The summed E-state index contributed by atoms with van der Waals surface area (Å²) in [5, 5.41) is 0. The first-order valence-corrected chi connectivity index (χ1v) is 2.78. The summed E-state index contributed by atoms with van der Waals surface area (Å²) < 4.78 is 0.0156. The van der Waals surface area contributed by atoms with Crippen LogP contribution in [0.5, 0.6) is 0 Å². The van der Waals surface area contributed by atoms with Crippen LogP contribution in [0.3, 0.4) is 0 Å². The number of hydrogen-bond donors (Lipinski definition) is 0. The zero-order valence-electron chi connectivity index (χ0n) is 4.90. The van der Waals surface area contributed by atoms with Crippen LogP contribution in [0.4, 0.5) is 0 Å². The fraction of sp³-hybridized carbons (Fsp3) is 0.667. The molecule has 0 heterocycles. The molecule has 7 heavy (non-hydrogen) atoms. The molecule has 0 saturated carbocycles. The first-order valence-electron chi connectivity index (χ1n) is 2.37. The second kappa shape index (κ2) is 2.41. The van der Waals surface area contributed by atoms with E-state index in [0.717, 1.165) is 6.42 Å². The molecule has 1 radical (unpaired) electrons. The van der Waals surface area contributed by atoms with Crippen LogP contribution in [0.1, 0.15) is 20.3 Å². The van der Waals surface area contributed by atoms with Gasteiger partial charge in [-0.25, -0.2) is 0 Å². The Morgan fingerprint density at radius 3 is 2.14 bits per heavy atom. The molecule has 1 heteroatoms. The van der Waals surface area contributed by atoms with Gasteiger partial charge >= 0.3 is 0 Å². The van der Waals surface area contributed by atoms with E-state index in [1.165, 1.54) is 0 Å². The molecular weight excluding hydrogens is 104 g/mol. The summed E-state index contributed by atoms with van der Waals surface area (Å²) in [6.07, 6.45) is 2.77. The molecule has 0 fully saturated rings. The van der Waals surface area contributed by atoms with Crippen LogP contribution in [0, 0.1) is 0 Å². The van der Waals surface area contributed by atoms with Crippen LogP contribution >= 0.6 is 12.6 Å². The predicted octanol–water partition coefficient (Wildman–Crippen LogP) is 2.54. The van der Waals surface area contributed by atoms with Crippen molar-refractivity contribution in [2.24, 2.45) is 0 Å². The fourth-order valence-electron chi connectivity index (χ4n) is 0.348.